The normalized spacial score (nSPS) is 13.0. The Kier molecular flexibility index (Phi) is 5.17. The third-order valence-electron chi connectivity index (χ3n) is 1.70. The average Bonchev–Trinajstić information content (AvgIpc) is 2.03. The first-order valence-electron chi connectivity index (χ1n) is 4.09. The third kappa shape index (κ3) is 3.88. The summed E-state index contributed by atoms with van der Waals surface area (Å²) in [4.78, 5) is 0. The first kappa shape index (κ1) is 11.6. The van der Waals surface area contributed by atoms with Gasteiger partial charge in [0.25, 0.3) is 0 Å². The zero-order valence-electron chi connectivity index (χ0n) is 7.95. The van der Waals surface area contributed by atoms with Crippen LogP contribution in [0.2, 0.25) is 0 Å². The molecular formula is C8H17NO2S. The van der Waals surface area contributed by atoms with Gasteiger partial charge < -0.3 is 0 Å². The Bertz CT molecular complexity index is 231. The lowest BCUT2D eigenvalue weighted by Crippen LogP contribution is -2.28. The quantitative estimate of drug-likeness (QED) is 0.613. The molecule has 0 radical (unpaired) electrons. The fourth-order valence-electron chi connectivity index (χ4n) is 0.736. The Balaban J connectivity index is 4.05. The van der Waals surface area contributed by atoms with E-state index < -0.39 is 10.0 Å². The Morgan fingerprint density at radius 1 is 1.42 bits per heavy atom. The lowest BCUT2D eigenvalue weighted by molar-refractivity contribution is 0.486. The maximum atomic E-state index is 11.3. The second-order valence-corrected chi connectivity index (χ2v) is 4.78. The van der Waals surface area contributed by atoms with E-state index in [1.165, 1.54) is 4.31 Å². The molecule has 0 bridgehead atoms. The molecule has 0 aliphatic rings. The Morgan fingerprint density at radius 2 is 2.00 bits per heavy atom. The van der Waals surface area contributed by atoms with Gasteiger partial charge in [0.1, 0.15) is 0 Å². The predicted octanol–water partition coefficient (Wildman–Crippen LogP) is 1.23. The van der Waals surface area contributed by atoms with E-state index in [9.17, 15) is 8.42 Å². The van der Waals surface area contributed by atoms with Crippen molar-refractivity contribution in [1.29, 1.82) is 0 Å². The van der Waals surface area contributed by atoms with Crippen LogP contribution in [0.5, 0.6) is 0 Å². The molecule has 0 saturated heterocycles. The SMILES string of the molecule is C/C=C/CCS(=O)(=O)N(C)CC. The van der Waals surface area contributed by atoms with E-state index in [0.29, 0.717) is 13.0 Å². The second kappa shape index (κ2) is 5.32. The molecule has 0 aliphatic carbocycles. The van der Waals surface area contributed by atoms with Gasteiger partial charge in [0.2, 0.25) is 10.0 Å². The van der Waals surface area contributed by atoms with Gasteiger partial charge in [0, 0.05) is 13.6 Å². The maximum absolute atomic E-state index is 11.3. The summed E-state index contributed by atoms with van der Waals surface area (Å²) in [5, 5.41) is 0. The fourth-order valence-corrected chi connectivity index (χ4v) is 1.88. The highest BCUT2D eigenvalue weighted by Crippen LogP contribution is 1.99. The van der Waals surface area contributed by atoms with E-state index in [-0.39, 0.29) is 5.75 Å². The smallest absolute Gasteiger partial charge is 0.212 e. The molecule has 72 valence electrons. The molecule has 0 aromatic carbocycles. The Labute approximate surface area is 75.1 Å². The van der Waals surface area contributed by atoms with Crippen molar-refractivity contribution < 1.29 is 8.42 Å². The van der Waals surface area contributed by atoms with Crippen LogP contribution in [-0.4, -0.2) is 32.1 Å². The molecule has 0 N–H and O–H groups in total. The molecule has 0 fully saturated rings. The highest BCUT2D eigenvalue weighted by molar-refractivity contribution is 7.89. The minimum Gasteiger partial charge on any atom is -0.212 e. The minimum absolute atomic E-state index is 0.210. The average molecular weight is 191 g/mol. The molecule has 0 spiro atoms. The maximum Gasteiger partial charge on any atom is 0.214 e. The van der Waals surface area contributed by atoms with Gasteiger partial charge in [-0.05, 0) is 13.3 Å². The summed E-state index contributed by atoms with van der Waals surface area (Å²) in [5.41, 5.74) is 0. The summed E-state index contributed by atoms with van der Waals surface area (Å²) in [6.07, 6.45) is 4.33. The van der Waals surface area contributed by atoms with Crippen LogP contribution in [0.1, 0.15) is 20.3 Å². The zero-order chi connectivity index (χ0) is 9.61. The van der Waals surface area contributed by atoms with Crippen molar-refractivity contribution in [3.8, 4) is 0 Å². The number of hydrogen-bond acceptors (Lipinski definition) is 2. The van der Waals surface area contributed by atoms with E-state index in [2.05, 4.69) is 0 Å². The lowest BCUT2D eigenvalue weighted by atomic mass is 10.4. The summed E-state index contributed by atoms with van der Waals surface area (Å²) in [7, 11) is -1.40. The second-order valence-electron chi connectivity index (χ2n) is 2.59. The van der Waals surface area contributed by atoms with Crippen LogP contribution in [0, 0.1) is 0 Å². The molecule has 0 saturated carbocycles. The van der Waals surface area contributed by atoms with Gasteiger partial charge in [-0.25, -0.2) is 12.7 Å². The molecule has 0 amide bonds. The van der Waals surface area contributed by atoms with Crippen molar-refractivity contribution >= 4 is 10.0 Å². The minimum atomic E-state index is -3.00. The molecule has 3 nitrogen and oxygen atoms in total. The summed E-state index contributed by atoms with van der Waals surface area (Å²) in [5.74, 6) is 0.210. The van der Waals surface area contributed by atoms with Crippen LogP contribution < -0.4 is 0 Å². The molecule has 4 heteroatoms. The standard InChI is InChI=1S/C8H17NO2S/c1-4-6-7-8-12(10,11)9(3)5-2/h4,6H,5,7-8H2,1-3H3/b6-4+. The van der Waals surface area contributed by atoms with Gasteiger partial charge in [-0.3, -0.25) is 0 Å². The van der Waals surface area contributed by atoms with Crippen molar-refractivity contribution in [2.45, 2.75) is 20.3 Å². The molecule has 0 aliphatic heterocycles. The third-order valence-corrected chi connectivity index (χ3v) is 3.66. The predicted molar refractivity (Wildman–Crippen MR) is 51.5 cm³/mol. The van der Waals surface area contributed by atoms with Crippen molar-refractivity contribution in [3.63, 3.8) is 0 Å². The molecular weight excluding hydrogens is 174 g/mol. The number of hydrogen-bond donors (Lipinski definition) is 0. The van der Waals surface area contributed by atoms with Crippen LogP contribution in [-0.2, 0) is 10.0 Å². The van der Waals surface area contributed by atoms with E-state index in [4.69, 9.17) is 0 Å². The van der Waals surface area contributed by atoms with E-state index in [1.54, 1.807) is 7.05 Å². The van der Waals surface area contributed by atoms with Crippen LogP contribution in [0.4, 0.5) is 0 Å². The van der Waals surface area contributed by atoms with Crippen molar-refractivity contribution in [3.05, 3.63) is 12.2 Å². The first-order chi connectivity index (χ1) is 5.54. The molecule has 0 aromatic heterocycles. The van der Waals surface area contributed by atoms with Gasteiger partial charge in [0.05, 0.1) is 5.75 Å². The monoisotopic (exact) mass is 191 g/mol. The molecule has 12 heavy (non-hydrogen) atoms. The lowest BCUT2D eigenvalue weighted by Gasteiger charge is -2.13. The van der Waals surface area contributed by atoms with Crippen LogP contribution >= 0.6 is 0 Å². The molecule has 0 aromatic rings. The van der Waals surface area contributed by atoms with Crippen molar-refractivity contribution in [2.75, 3.05) is 19.3 Å². The first-order valence-corrected chi connectivity index (χ1v) is 5.70. The van der Waals surface area contributed by atoms with E-state index >= 15 is 0 Å². The van der Waals surface area contributed by atoms with Gasteiger partial charge in [0.15, 0.2) is 0 Å². The summed E-state index contributed by atoms with van der Waals surface area (Å²) in [6.45, 7) is 4.25. The number of rotatable bonds is 5. The number of nitrogens with zero attached hydrogens (tertiary/aromatic N) is 1. The summed E-state index contributed by atoms with van der Waals surface area (Å²) < 4.78 is 24.0. The largest absolute Gasteiger partial charge is 0.214 e. The summed E-state index contributed by atoms with van der Waals surface area (Å²) in [6, 6.07) is 0. The highest BCUT2D eigenvalue weighted by Gasteiger charge is 2.13. The van der Waals surface area contributed by atoms with E-state index in [0.717, 1.165) is 0 Å². The molecule has 0 heterocycles. The van der Waals surface area contributed by atoms with Crippen LogP contribution in [0.25, 0.3) is 0 Å². The summed E-state index contributed by atoms with van der Waals surface area (Å²) >= 11 is 0. The number of sulfonamides is 1. The fraction of sp³-hybridized carbons (Fsp3) is 0.750. The highest BCUT2D eigenvalue weighted by atomic mass is 32.2. The Morgan fingerprint density at radius 3 is 2.42 bits per heavy atom. The van der Waals surface area contributed by atoms with Gasteiger partial charge in [-0.15, -0.1) is 0 Å². The van der Waals surface area contributed by atoms with Crippen LogP contribution in [0.15, 0.2) is 12.2 Å². The topological polar surface area (TPSA) is 37.4 Å². The van der Waals surface area contributed by atoms with Gasteiger partial charge in [-0.1, -0.05) is 19.1 Å². The van der Waals surface area contributed by atoms with E-state index in [1.807, 2.05) is 26.0 Å². The zero-order valence-corrected chi connectivity index (χ0v) is 8.76. The van der Waals surface area contributed by atoms with Crippen LogP contribution in [0.3, 0.4) is 0 Å². The van der Waals surface area contributed by atoms with Crippen molar-refractivity contribution in [1.82, 2.24) is 4.31 Å². The molecule has 0 atom stereocenters. The molecule has 0 rings (SSSR count). The molecule has 0 unspecified atom stereocenters. The van der Waals surface area contributed by atoms with Crippen molar-refractivity contribution in [2.24, 2.45) is 0 Å². The van der Waals surface area contributed by atoms with Gasteiger partial charge >= 0.3 is 0 Å². The number of allylic oxidation sites excluding steroid dienone is 2. The van der Waals surface area contributed by atoms with Gasteiger partial charge in [-0.2, -0.15) is 0 Å². The Hall–Kier alpha value is -0.350.